The van der Waals surface area contributed by atoms with Crippen LogP contribution in [0.5, 0.6) is 0 Å². The predicted octanol–water partition coefficient (Wildman–Crippen LogP) is -1.19. The third-order valence-electron chi connectivity index (χ3n) is 2.59. The molecule has 0 N–H and O–H groups in total. The van der Waals surface area contributed by atoms with E-state index in [-0.39, 0.29) is 40.0 Å². The molecule has 0 heterocycles. The maximum atomic E-state index is 4.10. The Kier molecular flexibility index (Phi) is 10.9. The monoisotopic (exact) mass is 257 g/mol. The molecule has 3 heteroatoms. The first-order valence-electron chi connectivity index (χ1n) is 4.66. The van der Waals surface area contributed by atoms with E-state index in [4.69, 9.17) is 0 Å². The maximum Gasteiger partial charge on any atom is 2.00 e. The van der Waals surface area contributed by atoms with E-state index < -0.39 is 0 Å². The molecule has 0 unspecified atom stereocenters. The average Bonchev–Trinajstić information content (AvgIpc) is 1.93. The van der Waals surface area contributed by atoms with Gasteiger partial charge >= 0.3 is 23.1 Å². The zero-order valence-corrected chi connectivity index (χ0v) is 11.9. The van der Waals surface area contributed by atoms with Crippen LogP contribution in [0.25, 0.3) is 0 Å². The summed E-state index contributed by atoms with van der Waals surface area (Å²) in [4.78, 5) is 2.30. The summed E-state index contributed by atoms with van der Waals surface area (Å²) in [5.41, 5.74) is 0. The van der Waals surface area contributed by atoms with E-state index in [1.54, 1.807) is 0 Å². The van der Waals surface area contributed by atoms with E-state index in [9.17, 15) is 0 Å². The van der Waals surface area contributed by atoms with Crippen LogP contribution in [0.3, 0.4) is 0 Å². The molecule has 13 heavy (non-hydrogen) atoms. The summed E-state index contributed by atoms with van der Waals surface area (Å²) in [6.45, 7) is 5.37. The van der Waals surface area contributed by atoms with Gasteiger partial charge in [0.1, 0.15) is 0 Å². The van der Waals surface area contributed by atoms with Gasteiger partial charge in [0.2, 0.25) is 0 Å². The van der Waals surface area contributed by atoms with Gasteiger partial charge in [-0.25, -0.2) is 0 Å². The fourth-order valence-corrected chi connectivity index (χ4v) is 1.93. The van der Waals surface area contributed by atoms with Crippen LogP contribution in [0.1, 0.15) is 25.7 Å². The number of rotatable bonds is 2. The Hall–Kier alpha value is 1.21. The molecule has 0 saturated heterocycles. The minimum Gasteiger partial charge on any atom is -1.00 e. The fraction of sp³-hybridized carbons (Fsp3) is 0.900. The molecule has 0 aromatic heterocycles. The summed E-state index contributed by atoms with van der Waals surface area (Å²) in [5, 5.41) is 0. The van der Waals surface area contributed by atoms with Crippen LogP contribution in [-0.2, 0) is 0 Å². The first-order valence-corrected chi connectivity index (χ1v) is 4.66. The third kappa shape index (κ3) is 7.17. The summed E-state index contributed by atoms with van der Waals surface area (Å²) in [5.74, 6) is 1.69. The molecule has 1 rings (SSSR count). The van der Waals surface area contributed by atoms with Crippen LogP contribution >= 0.6 is 0 Å². The molecule has 0 radical (unpaired) electrons. The van der Waals surface area contributed by atoms with Gasteiger partial charge in [-0.15, -0.1) is 0 Å². The van der Waals surface area contributed by atoms with Crippen molar-refractivity contribution in [2.24, 2.45) is 11.8 Å². The van der Waals surface area contributed by atoms with Crippen molar-refractivity contribution in [1.82, 2.24) is 4.90 Å². The van der Waals surface area contributed by atoms with Crippen molar-refractivity contribution in [2.75, 3.05) is 20.6 Å². The zero-order valence-electron chi connectivity index (χ0n) is 8.93. The second-order valence-electron chi connectivity index (χ2n) is 4.15. The Morgan fingerprint density at radius 3 is 2.00 bits per heavy atom. The Bertz CT molecular complexity index is 111. The van der Waals surface area contributed by atoms with Crippen LogP contribution in [0.15, 0.2) is 0 Å². The van der Waals surface area contributed by atoms with E-state index in [2.05, 4.69) is 25.9 Å². The predicted molar refractivity (Wildman–Crippen MR) is 55.1 cm³/mol. The number of halogens is 1. The first kappa shape index (κ1) is 16.6. The van der Waals surface area contributed by atoms with Crippen LogP contribution in [0.2, 0.25) is 0 Å². The third-order valence-corrected chi connectivity index (χ3v) is 2.59. The molecule has 1 aliphatic carbocycles. The van der Waals surface area contributed by atoms with Crippen LogP contribution < -0.4 is 17.0 Å². The second-order valence-corrected chi connectivity index (χ2v) is 4.15. The SMILES string of the molecule is [Br-].[CH2-]C1CCC(CN(C)C)CC1.[Mg+2]. The molecular weight excluding hydrogens is 238 g/mol. The smallest absolute Gasteiger partial charge is 1.00 e. The van der Waals surface area contributed by atoms with Gasteiger partial charge in [0, 0.05) is 6.54 Å². The topological polar surface area (TPSA) is 3.24 Å². The van der Waals surface area contributed by atoms with E-state index >= 15 is 0 Å². The van der Waals surface area contributed by atoms with Crippen molar-refractivity contribution in [2.45, 2.75) is 25.7 Å². The second kappa shape index (κ2) is 8.51. The van der Waals surface area contributed by atoms with Gasteiger partial charge in [0.25, 0.3) is 0 Å². The molecule has 0 atom stereocenters. The zero-order chi connectivity index (χ0) is 8.27. The van der Waals surface area contributed by atoms with E-state index in [0.29, 0.717) is 0 Å². The molecule has 0 amide bonds. The maximum absolute atomic E-state index is 4.10. The van der Waals surface area contributed by atoms with Crippen molar-refractivity contribution in [3.8, 4) is 0 Å². The molecule has 74 valence electrons. The number of hydrogen-bond donors (Lipinski definition) is 0. The van der Waals surface area contributed by atoms with Gasteiger partial charge in [0.05, 0.1) is 0 Å². The van der Waals surface area contributed by atoms with Crippen LogP contribution in [0, 0.1) is 18.8 Å². The van der Waals surface area contributed by atoms with Crippen LogP contribution in [-0.4, -0.2) is 48.6 Å². The minimum atomic E-state index is 0. The van der Waals surface area contributed by atoms with Crippen molar-refractivity contribution in [3.63, 3.8) is 0 Å². The fourth-order valence-electron chi connectivity index (χ4n) is 1.93. The van der Waals surface area contributed by atoms with Crippen molar-refractivity contribution >= 4 is 23.1 Å². The first-order chi connectivity index (χ1) is 5.18. The van der Waals surface area contributed by atoms with Gasteiger partial charge in [0.15, 0.2) is 0 Å². The molecule has 1 aliphatic rings. The van der Waals surface area contributed by atoms with Gasteiger partial charge in [-0.1, -0.05) is 25.7 Å². The van der Waals surface area contributed by atoms with Crippen molar-refractivity contribution in [3.05, 3.63) is 6.92 Å². The molecule has 0 spiro atoms. The molecule has 1 nitrogen and oxygen atoms in total. The summed E-state index contributed by atoms with van der Waals surface area (Å²) in [6.07, 6.45) is 5.48. The molecular formula is C10H20BrMgN. The largest absolute Gasteiger partial charge is 2.00 e. The molecule has 1 saturated carbocycles. The average molecular weight is 258 g/mol. The standard InChI is InChI=1S/C10H20N.BrH.Mg/c1-9-4-6-10(7-5-9)8-11(2)3;;/h9-10H,1,4-8H2,2-3H3;1H;/q-1;;+2/p-1. The normalized spacial score (nSPS) is 27.7. The van der Waals surface area contributed by atoms with Gasteiger partial charge < -0.3 is 28.8 Å². The van der Waals surface area contributed by atoms with Gasteiger partial charge in [-0.2, -0.15) is 5.92 Å². The minimum absolute atomic E-state index is 0. The van der Waals surface area contributed by atoms with Crippen molar-refractivity contribution in [1.29, 1.82) is 0 Å². The van der Waals surface area contributed by atoms with E-state index in [0.717, 1.165) is 11.8 Å². The van der Waals surface area contributed by atoms with Crippen LogP contribution in [0.4, 0.5) is 0 Å². The van der Waals surface area contributed by atoms with Gasteiger partial charge in [-0.3, -0.25) is 0 Å². The Morgan fingerprint density at radius 2 is 1.62 bits per heavy atom. The van der Waals surface area contributed by atoms with Gasteiger partial charge in [-0.05, 0) is 20.0 Å². The van der Waals surface area contributed by atoms with E-state index in [1.807, 2.05) is 0 Å². The number of nitrogens with zero attached hydrogens (tertiary/aromatic N) is 1. The number of hydrogen-bond acceptors (Lipinski definition) is 1. The Balaban J connectivity index is 0. The molecule has 0 bridgehead atoms. The van der Waals surface area contributed by atoms with Crippen molar-refractivity contribution < 1.29 is 17.0 Å². The quantitative estimate of drug-likeness (QED) is 0.445. The summed E-state index contributed by atoms with van der Waals surface area (Å²) in [7, 11) is 4.33. The molecule has 0 aliphatic heterocycles. The molecule has 0 aromatic carbocycles. The molecule has 0 aromatic rings. The molecule has 1 fully saturated rings. The Labute approximate surface area is 110 Å². The summed E-state index contributed by atoms with van der Waals surface area (Å²) < 4.78 is 0. The summed E-state index contributed by atoms with van der Waals surface area (Å²) in [6, 6.07) is 0. The van der Waals surface area contributed by atoms with E-state index in [1.165, 1.54) is 32.2 Å². The Morgan fingerprint density at radius 1 is 1.15 bits per heavy atom. The summed E-state index contributed by atoms with van der Waals surface area (Å²) >= 11 is 0.